The number of hydrogen-bond acceptors (Lipinski definition) is 3. The lowest BCUT2D eigenvalue weighted by Crippen LogP contribution is -2.59. The minimum Gasteiger partial charge on any atom is -0.303 e. The molecule has 23 heavy (non-hydrogen) atoms. The zero-order valence-corrected chi connectivity index (χ0v) is 14.6. The summed E-state index contributed by atoms with van der Waals surface area (Å²) in [5.41, 5.74) is 6.21. The molecule has 1 aromatic carbocycles. The van der Waals surface area contributed by atoms with Crippen molar-refractivity contribution in [1.82, 2.24) is 9.27 Å². The Labute approximate surface area is 142 Å². The molecule has 1 aromatic heterocycles. The Morgan fingerprint density at radius 3 is 3.04 bits per heavy atom. The van der Waals surface area contributed by atoms with Crippen LogP contribution in [0.1, 0.15) is 43.2 Å². The molecule has 0 N–H and O–H groups in total. The summed E-state index contributed by atoms with van der Waals surface area (Å²) < 4.78 is 4.56. The van der Waals surface area contributed by atoms with Crippen molar-refractivity contribution in [2.45, 2.75) is 50.0 Å². The van der Waals surface area contributed by atoms with Gasteiger partial charge in [0.05, 0.1) is 5.69 Å². The van der Waals surface area contributed by atoms with E-state index in [1.807, 2.05) is 0 Å². The summed E-state index contributed by atoms with van der Waals surface area (Å²) in [6.45, 7) is 1.27. The van der Waals surface area contributed by atoms with Crippen molar-refractivity contribution in [3.63, 3.8) is 0 Å². The van der Waals surface area contributed by atoms with E-state index in [1.165, 1.54) is 50.6 Å². The minimum absolute atomic E-state index is 0.453. The second kappa shape index (κ2) is 5.15. The van der Waals surface area contributed by atoms with Gasteiger partial charge in [-0.1, -0.05) is 25.0 Å². The van der Waals surface area contributed by atoms with Crippen LogP contribution in [0.2, 0.25) is 0 Å². The van der Waals surface area contributed by atoms with Crippen LogP contribution in [-0.4, -0.2) is 28.9 Å². The van der Waals surface area contributed by atoms with Crippen LogP contribution in [-0.2, 0) is 11.8 Å². The van der Waals surface area contributed by atoms with E-state index >= 15 is 0 Å². The fraction of sp³-hybridized carbons (Fsp3) is 0.550. The second-order valence-electron chi connectivity index (χ2n) is 7.77. The van der Waals surface area contributed by atoms with Gasteiger partial charge in [-0.25, -0.2) is 0 Å². The molecular weight excluding hydrogens is 300 g/mol. The molecule has 1 aliphatic heterocycles. The Morgan fingerprint density at radius 2 is 2.17 bits per heavy atom. The molecule has 2 nitrogen and oxygen atoms in total. The first-order valence-electron chi connectivity index (χ1n) is 9.02. The molecule has 2 aliphatic carbocycles. The number of piperidine rings is 1. The highest BCUT2D eigenvalue weighted by atomic mass is 32.1. The third-order valence-electron chi connectivity index (χ3n) is 6.85. The molecule has 3 atom stereocenters. The molecule has 0 amide bonds. The highest BCUT2D eigenvalue weighted by Crippen LogP contribution is 2.55. The van der Waals surface area contributed by atoms with Crippen LogP contribution in [0.3, 0.4) is 0 Å². The molecule has 120 valence electrons. The number of benzene rings is 1. The first-order chi connectivity index (χ1) is 11.3. The molecule has 3 aliphatic rings. The zero-order chi connectivity index (χ0) is 15.4. The van der Waals surface area contributed by atoms with Crippen LogP contribution >= 0.6 is 11.5 Å². The monoisotopic (exact) mass is 324 g/mol. The van der Waals surface area contributed by atoms with Gasteiger partial charge in [-0.05, 0) is 80.0 Å². The second-order valence-corrected chi connectivity index (χ2v) is 8.43. The molecule has 5 rings (SSSR count). The molecule has 2 aromatic rings. The fourth-order valence-corrected chi connectivity index (χ4v) is 6.25. The van der Waals surface area contributed by atoms with E-state index < -0.39 is 0 Å². The van der Waals surface area contributed by atoms with E-state index in [0.29, 0.717) is 5.41 Å². The maximum atomic E-state index is 4.56. The summed E-state index contributed by atoms with van der Waals surface area (Å²) in [6, 6.07) is 10.1. The molecule has 2 bridgehead atoms. The van der Waals surface area contributed by atoms with Gasteiger partial charge in [0.1, 0.15) is 0 Å². The minimum atomic E-state index is 0.453. The lowest BCUT2D eigenvalue weighted by Gasteiger charge is -2.58. The lowest BCUT2D eigenvalue weighted by molar-refractivity contribution is 0.00290. The maximum absolute atomic E-state index is 4.56. The third-order valence-corrected chi connectivity index (χ3v) is 7.41. The zero-order valence-electron chi connectivity index (χ0n) is 13.8. The molecule has 1 unspecified atom stereocenters. The summed E-state index contributed by atoms with van der Waals surface area (Å²) in [7, 11) is 2.35. The average Bonchev–Trinajstić information content (AvgIpc) is 3.12. The van der Waals surface area contributed by atoms with Gasteiger partial charge in [0, 0.05) is 22.4 Å². The molecule has 2 fully saturated rings. The molecule has 2 heterocycles. The first-order valence-corrected chi connectivity index (χ1v) is 9.86. The molecular formula is C20H24N2S. The van der Waals surface area contributed by atoms with Crippen molar-refractivity contribution in [3.05, 3.63) is 40.8 Å². The summed E-state index contributed by atoms with van der Waals surface area (Å²) in [4.78, 5) is 2.64. The van der Waals surface area contributed by atoms with Crippen LogP contribution in [0, 0.1) is 5.92 Å². The average molecular weight is 324 g/mol. The summed E-state index contributed by atoms with van der Waals surface area (Å²) >= 11 is 1.55. The SMILES string of the molecule is CN1CC[C@@]23CCCCC2[C@@H]1Cc1ccc(-c2ccsn2)cc13. The van der Waals surface area contributed by atoms with Gasteiger partial charge in [0.2, 0.25) is 0 Å². The van der Waals surface area contributed by atoms with E-state index in [-0.39, 0.29) is 0 Å². The fourth-order valence-electron chi connectivity index (χ4n) is 5.72. The Kier molecular flexibility index (Phi) is 3.18. The van der Waals surface area contributed by atoms with Gasteiger partial charge in [-0.3, -0.25) is 0 Å². The Morgan fingerprint density at radius 1 is 1.22 bits per heavy atom. The van der Waals surface area contributed by atoms with Crippen molar-refractivity contribution in [2.75, 3.05) is 13.6 Å². The highest BCUT2D eigenvalue weighted by Gasteiger charge is 2.52. The number of fused-ring (bicyclic) bond motifs is 1. The number of rotatable bonds is 1. The molecule has 1 saturated heterocycles. The molecule has 3 heteroatoms. The smallest absolute Gasteiger partial charge is 0.0840 e. The van der Waals surface area contributed by atoms with Crippen molar-refractivity contribution >= 4 is 11.5 Å². The summed E-state index contributed by atoms with van der Waals surface area (Å²) in [6.07, 6.45) is 8.25. The molecule has 1 saturated carbocycles. The quantitative estimate of drug-likeness (QED) is 0.768. The molecule has 0 spiro atoms. The number of aromatic nitrogens is 1. The van der Waals surface area contributed by atoms with Crippen LogP contribution < -0.4 is 0 Å². The predicted molar refractivity (Wildman–Crippen MR) is 95.9 cm³/mol. The predicted octanol–water partition coefficient (Wildman–Crippen LogP) is 4.50. The van der Waals surface area contributed by atoms with Crippen LogP contribution in [0.25, 0.3) is 11.3 Å². The summed E-state index contributed by atoms with van der Waals surface area (Å²) in [5, 5.41) is 2.09. The number of nitrogens with zero attached hydrogens (tertiary/aromatic N) is 2. The number of hydrogen-bond donors (Lipinski definition) is 0. The van der Waals surface area contributed by atoms with Crippen molar-refractivity contribution in [1.29, 1.82) is 0 Å². The number of likely N-dealkylation sites (tertiary alicyclic amines) is 1. The van der Waals surface area contributed by atoms with Crippen LogP contribution in [0.4, 0.5) is 0 Å². The Balaban J connectivity index is 1.68. The van der Waals surface area contributed by atoms with Gasteiger partial charge in [-0.15, -0.1) is 0 Å². The van der Waals surface area contributed by atoms with E-state index in [1.54, 1.807) is 22.7 Å². The maximum Gasteiger partial charge on any atom is 0.0840 e. The van der Waals surface area contributed by atoms with Gasteiger partial charge < -0.3 is 4.90 Å². The number of likely N-dealkylation sites (N-methyl/N-ethyl adjacent to an activating group) is 1. The molecule has 0 radical (unpaired) electrons. The van der Waals surface area contributed by atoms with Crippen molar-refractivity contribution in [2.24, 2.45) is 5.92 Å². The van der Waals surface area contributed by atoms with Crippen LogP contribution in [0.5, 0.6) is 0 Å². The standard InChI is InChI=1S/C20H24N2S/c1-22-10-9-20-8-3-2-4-16(20)19(22)13-14-5-6-15(12-17(14)20)18-7-11-23-21-18/h5-7,11-12,16,19H,2-4,8-10,13H2,1H3/t16?,19-,20-/m0/s1. The van der Waals surface area contributed by atoms with Crippen molar-refractivity contribution < 1.29 is 0 Å². The normalized spacial score (nSPS) is 33.1. The van der Waals surface area contributed by atoms with Gasteiger partial charge >= 0.3 is 0 Å². The van der Waals surface area contributed by atoms with Gasteiger partial charge in [0.25, 0.3) is 0 Å². The lowest BCUT2D eigenvalue weighted by atomic mass is 9.52. The topological polar surface area (TPSA) is 16.1 Å². The van der Waals surface area contributed by atoms with E-state index in [4.69, 9.17) is 0 Å². The van der Waals surface area contributed by atoms with Gasteiger partial charge in [-0.2, -0.15) is 4.37 Å². The Bertz CT molecular complexity index is 723. The third kappa shape index (κ3) is 1.99. The summed E-state index contributed by atoms with van der Waals surface area (Å²) in [5.74, 6) is 0.869. The van der Waals surface area contributed by atoms with Crippen LogP contribution in [0.15, 0.2) is 29.6 Å². The van der Waals surface area contributed by atoms with Crippen molar-refractivity contribution in [3.8, 4) is 11.3 Å². The van der Waals surface area contributed by atoms with E-state index in [0.717, 1.165) is 17.7 Å². The highest BCUT2D eigenvalue weighted by molar-refractivity contribution is 7.03. The Hall–Kier alpha value is -1.19. The van der Waals surface area contributed by atoms with Gasteiger partial charge in [0.15, 0.2) is 0 Å². The van der Waals surface area contributed by atoms with E-state index in [2.05, 4.69) is 46.0 Å². The van der Waals surface area contributed by atoms with E-state index in [9.17, 15) is 0 Å². The largest absolute Gasteiger partial charge is 0.303 e. The first kappa shape index (κ1) is 14.2.